The Bertz CT molecular complexity index is 600. The van der Waals surface area contributed by atoms with E-state index >= 15 is 0 Å². The van der Waals surface area contributed by atoms with Gasteiger partial charge in [-0.2, -0.15) is 0 Å². The van der Waals surface area contributed by atoms with Crippen LogP contribution in [0.5, 0.6) is 0 Å². The lowest BCUT2D eigenvalue weighted by Gasteiger charge is -2.06. The summed E-state index contributed by atoms with van der Waals surface area (Å²) in [4.78, 5) is 12.4. The van der Waals surface area contributed by atoms with Crippen LogP contribution < -0.4 is 5.32 Å². The Labute approximate surface area is 121 Å². The Morgan fingerprint density at radius 3 is 2.70 bits per heavy atom. The Hall–Kier alpha value is -2.01. The van der Waals surface area contributed by atoms with Crippen LogP contribution in [0, 0.1) is 29.6 Å². The van der Waals surface area contributed by atoms with Crippen molar-refractivity contribution in [2.24, 2.45) is 17.3 Å². The quantitative estimate of drug-likeness (QED) is 0.654. The van der Waals surface area contributed by atoms with Gasteiger partial charge in [0.05, 0.1) is 5.92 Å². The van der Waals surface area contributed by atoms with Gasteiger partial charge in [0.2, 0.25) is 5.91 Å². The van der Waals surface area contributed by atoms with E-state index in [1.165, 1.54) is 5.57 Å². The second-order valence-electron chi connectivity index (χ2n) is 6.28. The van der Waals surface area contributed by atoms with Crippen LogP contribution in [0.2, 0.25) is 0 Å². The summed E-state index contributed by atoms with van der Waals surface area (Å²) in [6.45, 7) is 8.41. The molecule has 1 saturated carbocycles. The van der Waals surface area contributed by atoms with E-state index in [9.17, 15) is 4.79 Å². The van der Waals surface area contributed by atoms with E-state index in [1.54, 1.807) is 0 Å². The topological polar surface area (TPSA) is 29.1 Å². The first-order valence-electron chi connectivity index (χ1n) is 6.89. The molecule has 1 aliphatic rings. The highest BCUT2D eigenvalue weighted by atomic mass is 16.2. The van der Waals surface area contributed by atoms with E-state index in [2.05, 4.69) is 45.0 Å². The summed E-state index contributed by atoms with van der Waals surface area (Å²) < 4.78 is 0. The summed E-state index contributed by atoms with van der Waals surface area (Å²) in [6, 6.07) is 7.40. The number of rotatable bonds is 3. The molecule has 1 amide bonds. The Kier molecular flexibility index (Phi) is 3.72. The second-order valence-corrected chi connectivity index (χ2v) is 6.28. The van der Waals surface area contributed by atoms with Crippen molar-refractivity contribution >= 4 is 11.6 Å². The first-order valence-corrected chi connectivity index (χ1v) is 6.89. The molecule has 0 aromatic heterocycles. The molecule has 0 spiro atoms. The van der Waals surface area contributed by atoms with Crippen molar-refractivity contribution < 1.29 is 4.79 Å². The Morgan fingerprint density at radius 2 is 2.10 bits per heavy atom. The van der Waals surface area contributed by atoms with E-state index in [1.807, 2.05) is 24.3 Å². The van der Waals surface area contributed by atoms with E-state index in [0.717, 1.165) is 11.3 Å². The number of carbonyl (C=O) groups is 1. The summed E-state index contributed by atoms with van der Waals surface area (Å²) in [5.74, 6) is 3.01. The zero-order valence-electron chi connectivity index (χ0n) is 12.5. The lowest BCUT2D eigenvalue weighted by atomic mass is 10.1. The SMILES string of the molecule is C#Cc1cccc(NC(=O)C2C(C=C(C)C)C2(C)C)c1. The standard InChI is InChI=1S/C18H21NO/c1-6-13-8-7-9-14(11-13)19-17(20)16-15(10-12(2)3)18(16,4)5/h1,7-11,15-16H,2-5H3,(H,19,20). The number of terminal acetylenes is 1. The third-order valence-corrected chi connectivity index (χ3v) is 4.00. The molecule has 2 rings (SSSR count). The van der Waals surface area contributed by atoms with E-state index in [0.29, 0.717) is 5.92 Å². The summed E-state index contributed by atoms with van der Waals surface area (Å²) in [5, 5.41) is 2.97. The van der Waals surface area contributed by atoms with Gasteiger partial charge in [-0.3, -0.25) is 4.79 Å². The average molecular weight is 267 g/mol. The molecule has 0 aliphatic heterocycles. The number of carbonyl (C=O) groups excluding carboxylic acids is 1. The van der Waals surface area contributed by atoms with Gasteiger partial charge in [0.25, 0.3) is 0 Å². The fourth-order valence-corrected chi connectivity index (χ4v) is 2.76. The molecule has 1 fully saturated rings. The largest absolute Gasteiger partial charge is 0.326 e. The van der Waals surface area contributed by atoms with Gasteiger partial charge in [-0.05, 0) is 43.4 Å². The summed E-state index contributed by atoms with van der Waals surface area (Å²) in [7, 11) is 0. The minimum atomic E-state index is 0.0328. The Balaban J connectivity index is 2.10. The molecule has 2 unspecified atom stereocenters. The highest BCUT2D eigenvalue weighted by molar-refractivity contribution is 5.95. The number of anilines is 1. The molecule has 2 nitrogen and oxygen atoms in total. The number of amides is 1. The van der Waals surface area contributed by atoms with Crippen molar-refractivity contribution in [1.29, 1.82) is 0 Å². The van der Waals surface area contributed by atoms with E-state index < -0.39 is 0 Å². The predicted molar refractivity (Wildman–Crippen MR) is 83.2 cm³/mol. The molecule has 0 heterocycles. The molecule has 1 aromatic rings. The highest BCUT2D eigenvalue weighted by Gasteiger charge is 2.60. The van der Waals surface area contributed by atoms with Crippen molar-refractivity contribution in [3.05, 3.63) is 41.5 Å². The summed E-state index contributed by atoms with van der Waals surface area (Å²) in [5.41, 5.74) is 2.83. The van der Waals surface area contributed by atoms with Gasteiger partial charge >= 0.3 is 0 Å². The van der Waals surface area contributed by atoms with Crippen LogP contribution in [-0.4, -0.2) is 5.91 Å². The van der Waals surface area contributed by atoms with Gasteiger partial charge in [-0.1, -0.05) is 37.5 Å². The third-order valence-electron chi connectivity index (χ3n) is 4.00. The molecule has 0 radical (unpaired) electrons. The Morgan fingerprint density at radius 1 is 1.40 bits per heavy atom. The lowest BCUT2D eigenvalue weighted by molar-refractivity contribution is -0.118. The van der Waals surface area contributed by atoms with Gasteiger partial charge in [0.1, 0.15) is 0 Å². The van der Waals surface area contributed by atoms with Crippen molar-refractivity contribution in [3.63, 3.8) is 0 Å². The minimum absolute atomic E-state index is 0.0328. The molecule has 1 aliphatic carbocycles. The van der Waals surface area contributed by atoms with Gasteiger partial charge in [-0.25, -0.2) is 0 Å². The van der Waals surface area contributed by atoms with Gasteiger partial charge in [0, 0.05) is 11.3 Å². The molecule has 2 heteroatoms. The van der Waals surface area contributed by atoms with E-state index in [4.69, 9.17) is 6.42 Å². The van der Waals surface area contributed by atoms with Crippen molar-refractivity contribution in [2.45, 2.75) is 27.7 Å². The highest BCUT2D eigenvalue weighted by Crippen LogP contribution is 2.59. The number of nitrogens with one attached hydrogen (secondary N) is 1. The normalized spacial score (nSPS) is 22.6. The number of allylic oxidation sites excluding steroid dienone is 2. The predicted octanol–water partition coefficient (Wildman–Crippen LogP) is 3.84. The van der Waals surface area contributed by atoms with Crippen LogP contribution in [0.4, 0.5) is 5.69 Å². The van der Waals surface area contributed by atoms with Crippen molar-refractivity contribution in [2.75, 3.05) is 5.32 Å². The van der Waals surface area contributed by atoms with Crippen LogP contribution in [0.25, 0.3) is 0 Å². The zero-order chi connectivity index (χ0) is 14.9. The molecule has 1 aromatic carbocycles. The maximum Gasteiger partial charge on any atom is 0.228 e. The van der Waals surface area contributed by atoms with Gasteiger partial charge < -0.3 is 5.32 Å². The molecule has 20 heavy (non-hydrogen) atoms. The fourth-order valence-electron chi connectivity index (χ4n) is 2.76. The summed E-state index contributed by atoms with van der Waals surface area (Å²) >= 11 is 0. The fraction of sp³-hybridized carbons (Fsp3) is 0.389. The van der Waals surface area contributed by atoms with Crippen molar-refractivity contribution in [1.82, 2.24) is 0 Å². The lowest BCUT2D eigenvalue weighted by Crippen LogP contribution is -2.16. The number of hydrogen-bond acceptors (Lipinski definition) is 1. The maximum atomic E-state index is 12.4. The molecule has 0 saturated heterocycles. The minimum Gasteiger partial charge on any atom is -0.326 e. The third kappa shape index (κ3) is 2.77. The molecule has 2 atom stereocenters. The molecule has 104 valence electrons. The molecular formula is C18H21NO. The van der Waals surface area contributed by atoms with E-state index in [-0.39, 0.29) is 17.2 Å². The number of benzene rings is 1. The zero-order valence-corrected chi connectivity index (χ0v) is 12.5. The molecule has 1 N–H and O–H groups in total. The second kappa shape index (κ2) is 5.17. The van der Waals surface area contributed by atoms with Crippen molar-refractivity contribution in [3.8, 4) is 12.3 Å². The van der Waals surface area contributed by atoms with Gasteiger partial charge in [0.15, 0.2) is 0 Å². The smallest absolute Gasteiger partial charge is 0.228 e. The van der Waals surface area contributed by atoms with Crippen LogP contribution >= 0.6 is 0 Å². The van der Waals surface area contributed by atoms with Crippen LogP contribution in [0.1, 0.15) is 33.3 Å². The molecular weight excluding hydrogens is 246 g/mol. The van der Waals surface area contributed by atoms with Gasteiger partial charge in [-0.15, -0.1) is 6.42 Å². The van der Waals surface area contributed by atoms with Crippen LogP contribution in [-0.2, 0) is 4.79 Å². The van der Waals surface area contributed by atoms with Crippen LogP contribution in [0.15, 0.2) is 35.9 Å². The monoisotopic (exact) mass is 267 g/mol. The maximum absolute atomic E-state index is 12.4. The summed E-state index contributed by atoms with van der Waals surface area (Å²) in [6.07, 6.45) is 7.57. The first kappa shape index (κ1) is 14.4. The van der Waals surface area contributed by atoms with Crippen LogP contribution in [0.3, 0.4) is 0 Å². The molecule has 0 bridgehead atoms. The average Bonchev–Trinajstić information content (AvgIpc) is 2.90. The number of hydrogen-bond donors (Lipinski definition) is 1. The first-order chi connectivity index (χ1) is 9.36.